The van der Waals surface area contributed by atoms with Crippen molar-refractivity contribution in [3.05, 3.63) is 39.8 Å². The topological polar surface area (TPSA) is 68.8 Å². The average molecular weight is 435 g/mol. The van der Waals surface area contributed by atoms with E-state index in [-0.39, 0.29) is 5.97 Å². The van der Waals surface area contributed by atoms with E-state index in [1.54, 1.807) is 25.6 Å². The number of anilines is 1. The summed E-state index contributed by atoms with van der Waals surface area (Å²) in [5.41, 5.74) is 2.86. The van der Waals surface area contributed by atoms with Crippen molar-refractivity contribution in [2.24, 2.45) is 0 Å². The Kier molecular flexibility index (Phi) is 7.33. The van der Waals surface area contributed by atoms with Gasteiger partial charge in [0.05, 0.1) is 26.9 Å². The number of hydrogen-bond donors (Lipinski definition) is 2. The Labute approximate surface area is 180 Å². The lowest BCUT2D eigenvalue weighted by Gasteiger charge is -2.13. The van der Waals surface area contributed by atoms with E-state index in [9.17, 15) is 4.79 Å². The van der Waals surface area contributed by atoms with Crippen molar-refractivity contribution in [3.63, 3.8) is 0 Å². The molecule has 2 aromatic rings. The fourth-order valence-corrected chi connectivity index (χ4v) is 5.03. The largest absolute Gasteiger partial charge is 0.493 e. The minimum absolute atomic E-state index is 0.306. The Bertz CT molecular complexity index is 895. The van der Waals surface area contributed by atoms with Crippen LogP contribution in [0.3, 0.4) is 0 Å². The van der Waals surface area contributed by atoms with Crippen LogP contribution in [0.25, 0.3) is 0 Å². The fourth-order valence-electron chi connectivity index (χ4n) is 3.48. The summed E-state index contributed by atoms with van der Waals surface area (Å²) >= 11 is 7.05. The summed E-state index contributed by atoms with van der Waals surface area (Å²) in [6.45, 7) is 0.653. The zero-order valence-corrected chi connectivity index (χ0v) is 18.6. The quantitative estimate of drug-likeness (QED) is 0.505. The second-order valence-corrected chi connectivity index (χ2v) is 8.24. The Morgan fingerprint density at radius 2 is 1.90 bits per heavy atom. The van der Waals surface area contributed by atoms with Crippen LogP contribution < -0.4 is 20.1 Å². The van der Waals surface area contributed by atoms with Crippen LogP contribution in [0.1, 0.15) is 39.2 Å². The highest BCUT2D eigenvalue weighted by molar-refractivity contribution is 7.80. The SMILES string of the molecule is COC(=O)c1c(NC(=S)NCCc2ccc(OC)c(OC)c2)sc2c1CCCC2. The Morgan fingerprint density at radius 1 is 1.14 bits per heavy atom. The summed E-state index contributed by atoms with van der Waals surface area (Å²) in [6.07, 6.45) is 4.94. The van der Waals surface area contributed by atoms with Crippen LogP contribution in [0.15, 0.2) is 18.2 Å². The first kappa shape index (κ1) is 21.4. The highest BCUT2D eigenvalue weighted by Crippen LogP contribution is 2.38. The minimum atomic E-state index is -0.306. The zero-order valence-electron chi connectivity index (χ0n) is 16.9. The van der Waals surface area contributed by atoms with Gasteiger partial charge in [-0.2, -0.15) is 0 Å². The molecule has 1 aromatic carbocycles. The van der Waals surface area contributed by atoms with Crippen LogP contribution >= 0.6 is 23.6 Å². The molecule has 0 amide bonds. The number of ether oxygens (including phenoxy) is 3. The summed E-state index contributed by atoms with van der Waals surface area (Å²) in [4.78, 5) is 13.6. The molecule has 0 aliphatic heterocycles. The molecule has 0 radical (unpaired) electrons. The smallest absolute Gasteiger partial charge is 0.341 e. The number of fused-ring (bicyclic) bond motifs is 1. The van der Waals surface area contributed by atoms with Gasteiger partial charge in [0, 0.05) is 11.4 Å². The van der Waals surface area contributed by atoms with Gasteiger partial charge >= 0.3 is 5.97 Å². The number of carbonyl (C=O) groups excluding carboxylic acids is 1. The first-order valence-electron chi connectivity index (χ1n) is 9.56. The van der Waals surface area contributed by atoms with Gasteiger partial charge in [0.15, 0.2) is 16.6 Å². The van der Waals surface area contributed by atoms with Gasteiger partial charge in [0.1, 0.15) is 5.00 Å². The lowest BCUT2D eigenvalue weighted by atomic mass is 9.95. The second-order valence-electron chi connectivity index (χ2n) is 6.73. The number of nitrogens with one attached hydrogen (secondary N) is 2. The molecule has 0 bridgehead atoms. The van der Waals surface area contributed by atoms with Gasteiger partial charge in [0.25, 0.3) is 0 Å². The van der Waals surface area contributed by atoms with Gasteiger partial charge in [-0.15, -0.1) is 11.3 Å². The van der Waals surface area contributed by atoms with Gasteiger partial charge in [-0.3, -0.25) is 0 Å². The molecule has 6 nitrogen and oxygen atoms in total. The predicted octanol–water partition coefficient (Wildman–Crippen LogP) is 3.96. The van der Waals surface area contributed by atoms with Crippen LogP contribution in [0, 0.1) is 0 Å². The van der Waals surface area contributed by atoms with E-state index in [0.717, 1.165) is 48.2 Å². The van der Waals surface area contributed by atoms with Crippen molar-refractivity contribution in [3.8, 4) is 11.5 Å². The molecule has 0 spiro atoms. The molecule has 8 heteroatoms. The van der Waals surface area contributed by atoms with Gasteiger partial charge < -0.3 is 24.8 Å². The zero-order chi connectivity index (χ0) is 20.8. The first-order valence-corrected chi connectivity index (χ1v) is 10.8. The van der Waals surface area contributed by atoms with Gasteiger partial charge in [-0.1, -0.05) is 6.07 Å². The lowest BCUT2D eigenvalue weighted by molar-refractivity contribution is 0.0601. The number of methoxy groups -OCH3 is 3. The van der Waals surface area contributed by atoms with Crippen molar-refractivity contribution in [1.82, 2.24) is 5.32 Å². The predicted molar refractivity (Wildman–Crippen MR) is 120 cm³/mol. The van der Waals surface area contributed by atoms with Gasteiger partial charge in [-0.25, -0.2) is 4.79 Å². The number of thiocarbonyl (C=S) groups is 1. The van der Waals surface area contributed by atoms with Gasteiger partial charge in [0.2, 0.25) is 0 Å². The summed E-state index contributed by atoms with van der Waals surface area (Å²) in [6, 6.07) is 5.85. The number of benzene rings is 1. The van der Waals surface area contributed by atoms with Crippen LogP contribution in [0.5, 0.6) is 11.5 Å². The van der Waals surface area contributed by atoms with Crippen LogP contribution in [-0.4, -0.2) is 39.0 Å². The molecule has 1 heterocycles. The molecular weight excluding hydrogens is 408 g/mol. The maximum Gasteiger partial charge on any atom is 0.341 e. The van der Waals surface area contributed by atoms with E-state index in [1.807, 2.05) is 18.2 Å². The molecule has 0 saturated heterocycles. The molecule has 3 rings (SSSR count). The van der Waals surface area contributed by atoms with Gasteiger partial charge in [-0.05, 0) is 67.6 Å². The third-order valence-corrected chi connectivity index (χ3v) is 6.39. The van der Waals surface area contributed by atoms with E-state index in [4.69, 9.17) is 26.4 Å². The first-order chi connectivity index (χ1) is 14.1. The number of esters is 1. The molecule has 156 valence electrons. The molecule has 1 aliphatic rings. The van der Waals surface area contributed by atoms with Crippen molar-refractivity contribution in [2.45, 2.75) is 32.1 Å². The maximum atomic E-state index is 12.3. The van der Waals surface area contributed by atoms with E-state index >= 15 is 0 Å². The van der Waals surface area contributed by atoms with E-state index in [1.165, 1.54) is 12.0 Å². The third kappa shape index (κ3) is 5.00. The van der Waals surface area contributed by atoms with E-state index < -0.39 is 0 Å². The van der Waals surface area contributed by atoms with Crippen molar-refractivity contribution in [2.75, 3.05) is 33.2 Å². The molecule has 0 saturated carbocycles. The van der Waals surface area contributed by atoms with Crippen molar-refractivity contribution >= 4 is 39.6 Å². The molecule has 0 fully saturated rings. The highest BCUT2D eigenvalue weighted by atomic mass is 32.1. The highest BCUT2D eigenvalue weighted by Gasteiger charge is 2.26. The standard InChI is InChI=1S/C21H26N2O4S2/c1-25-15-9-8-13(12-16(15)26-2)10-11-22-21(28)23-19-18(20(24)27-3)14-6-4-5-7-17(14)29-19/h8-9,12H,4-7,10-11H2,1-3H3,(H2,22,23,28). The number of carbonyl (C=O) groups is 1. The summed E-state index contributed by atoms with van der Waals surface area (Å²) in [5, 5.41) is 7.68. The number of aryl methyl sites for hydroxylation is 1. The molecule has 1 aromatic heterocycles. The lowest BCUT2D eigenvalue weighted by Crippen LogP contribution is -2.30. The molecule has 29 heavy (non-hydrogen) atoms. The Hall–Kier alpha value is -2.32. The third-order valence-electron chi connectivity index (χ3n) is 4.94. The Morgan fingerprint density at radius 3 is 2.62 bits per heavy atom. The molecule has 2 N–H and O–H groups in total. The minimum Gasteiger partial charge on any atom is -0.493 e. The summed E-state index contributed by atoms with van der Waals surface area (Å²) in [7, 11) is 4.66. The summed E-state index contributed by atoms with van der Waals surface area (Å²) < 4.78 is 15.6. The van der Waals surface area contributed by atoms with Crippen LogP contribution in [0.4, 0.5) is 5.00 Å². The fraction of sp³-hybridized carbons (Fsp3) is 0.429. The molecule has 1 aliphatic carbocycles. The van der Waals surface area contributed by atoms with E-state index in [0.29, 0.717) is 28.7 Å². The normalized spacial score (nSPS) is 12.7. The van der Waals surface area contributed by atoms with E-state index in [2.05, 4.69) is 10.6 Å². The van der Waals surface area contributed by atoms with Crippen LogP contribution in [0.2, 0.25) is 0 Å². The molecule has 0 unspecified atom stereocenters. The molecule has 0 atom stereocenters. The number of thiophene rings is 1. The molecular formula is C21H26N2O4S2. The maximum absolute atomic E-state index is 12.3. The average Bonchev–Trinajstić information content (AvgIpc) is 3.10. The number of rotatable bonds is 7. The number of hydrogen-bond acceptors (Lipinski definition) is 6. The monoisotopic (exact) mass is 434 g/mol. The van der Waals surface area contributed by atoms with Crippen molar-refractivity contribution < 1.29 is 19.0 Å². The van der Waals surface area contributed by atoms with Crippen molar-refractivity contribution in [1.29, 1.82) is 0 Å². The second kappa shape index (κ2) is 9.93. The summed E-state index contributed by atoms with van der Waals surface area (Å²) in [5.74, 6) is 1.11. The van der Waals surface area contributed by atoms with Crippen LogP contribution in [-0.2, 0) is 24.0 Å². The Balaban J connectivity index is 1.61.